The number of nitrogens with zero attached hydrogens (tertiary/aromatic N) is 3. The molecule has 3 aromatic heterocycles. The Labute approximate surface area is 151 Å². The van der Waals surface area contributed by atoms with E-state index in [1.807, 2.05) is 29.7 Å². The second kappa shape index (κ2) is 5.94. The van der Waals surface area contributed by atoms with E-state index < -0.39 is 5.60 Å². The van der Waals surface area contributed by atoms with Crippen LogP contribution in [0.2, 0.25) is 0 Å². The number of aromatic nitrogens is 2. The third kappa shape index (κ3) is 2.80. The molecule has 130 valence electrons. The Balaban J connectivity index is 1.36. The van der Waals surface area contributed by atoms with Crippen LogP contribution in [0, 0.1) is 0 Å². The summed E-state index contributed by atoms with van der Waals surface area (Å²) in [6.07, 6.45) is 8.06. The van der Waals surface area contributed by atoms with Crippen molar-refractivity contribution in [3.8, 4) is 0 Å². The molecule has 5 heterocycles. The van der Waals surface area contributed by atoms with E-state index in [4.69, 9.17) is 0 Å². The van der Waals surface area contributed by atoms with Gasteiger partial charge in [0.25, 0.3) is 0 Å². The molecule has 0 spiro atoms. The quantitative estimate of drug-likeness (QED) is 0.778. The maximum absolute atomic E-state index is 11.4. The molecule has 25 heavy (non-hydrogen) atoms. The first-order chi connectivity index (χ1) is 12.2. The lowest BCUT2D eigenvalue weighted by Gasteiger charge is -2.44. The Bertz CT molecular complexity index is 858. The van der Waals surface area contributed by atoms with Crippen molar-refractivity contribution in [3.63, 3.8) is 0 Å². The largest absolute Gasteiger partial charge is 0.388 e. The van der Waals surface area contributed by atoms with Gasteiger partial charge in [-0.1, -0.05) is 6.07 Å². The summed E-state index contributed by atoms with van der Waals surface area (Å²) in [4.78, 5) is 8.47. The van der Waals surface area contributed by atoms with Crippen molar-refractivity contribution in [3.05, 3.63) is 53.0 Å². The zero-order valence-corrected chi connectivity index (χ0v) is 15.0. The molecule has 0 radical (unpaired) electrons. The standard InChI is InChI=1S/C20H23N3OS/c24-20(14-22-9-7-18-19(22)4-1-8-21-18)11-15-5-6-16(12-20)23(15)13-17-3-2-10-25-17/h1-4,7-10,15-16,24H,5-6,11-14H2/t15-,16+,20?. The van der Waals surface area contributed by atoms with E-state index >= 15 is 0 Å². The van der Waals surface area contributed by atoms with Gasteiger partial charge in [-0.25, -0.2) is 0 Å². The van der Waals surface area contributed by atoms with Crippen LogP contribution in [0.15, 0.2) is 48.1 Å². The number of fused-ring (bicyclic) bond motifs is 3. The van der Waals surface area contributed by atoms with E-state index in [0.717, 1.165) is 30.4 Å². The van der Waals surface area contributed by atoms with Crippen molar-refractivity contribution >= 4 is 22.4 Å². The summed E-state index contributed by atoms with van der Waals surface area (Å²) in [5.74, 6) is 0. The Kier molecular flexibility index (Phi) is 3.69. The topological polar surface area (TPSA) is 41.3 Å². The Hall–Kier alpha value is -1.69. The number of hydrogen-bond donors (Lipinski definition) is 1. The molecule has 2 saturated heterocycles. The number of rotatable bonds is 4. The first-order valence-corrected chi connectivity index (χ1v) is 9.99. The van der Waals surface area contributed by atoms with Crippen LogP contribution in [0.25, 0.3) is 11.0 Å². The molecule has 2 bridgehead atoms. The summed E-state index contributed by atoms with van der Waals surface area (Å²) in [5, 5.41) is 13.5. The molecule has 4 nitrogen and oxygen atoms in total. The van der Waals surface area contributed by atoms with E-state index in [2.05, 4.69) is 44.2 Å². The van der Waals surface area contributed by atoms with Gasteiger partial charge < -0.3 is 9.67 Å². The van der Waals surface area contributed by atoms with Crippen LogP contribution in [0.5, 0.6) is 0 Å². The Morgan fingerprint density at radius 2 is 2.00 bits per heavy atom. The minimum Gasteiger partial charge on any atom is -0.388 e. The van der Waals surface area contributed by atoms with Gasteiger partial charge in [-0.05, 0) is 55.3 Å². The number of pyridine rings is 1. The van der Waals surface area contributed by atoms with Gasteiger partial charge in [0.1, 0.15) is 0 Å². The number of hydrogen-bond acceptors (Lipinski definition) is 4. The minimum atomic E-state index is -0.612. The predicted molar refractivity (Wildman–Crippen MR) is 101 cm³/mol. The predicted octanol–water partition coefficient (Wildman–Crippen LogP) is 3.66. The fourth-order valence-electron chi connectivity index (χ4n) is 4.86. The first kappa shape index (κ1) is 15.6. The number of piperidine rings is 1. The van der Waals surface area contributed by atoms with Gasteiger partial charge in [0, 0.05) is 35.9 Å². The maximum Gasteiger partial charge on any atom is 0.0880 e. The molecule has 1 unspecified atom stereocenters. The van der Waals surface area contributed by atoms with E-state index in [1.54, 1.807) is 0 Å². The summed E-state index contributed by atoms with van der Waals surface area (Å²) in [7, 11) is 0. The van der Waals surface area contributed by atoms with Gasteiger partial charge in [0.05, 0.1) is 23.2 Å². The fraction of sp³-hybridized carbons (Fsp3) is 0.450. The van der Waals surface area contributed by atoms with Crippen molar-refractivity contribution in [1.82, 2.24) is 14.5 Å². The molecule has 0 aromatic carbocycles. The van der Waals surface area contributed by atoms with Crippen molar-refractivity contribution in [2.45, 2.75) is 56.5 Å². The summed E-state index contributed by atoms with van der Waals surface area (Å²) in [6.45, 7) is 1.71. The minimum absolute atomic E-state index is 0.505. The second-order valence-corrected chi connectivity index (χ2v) is 8.65. The molecule has 2 fully saturated rings. The van der Waals surface area contributed by atoms with Gasteiger partial charge in [0.2, 0.25) is 0 Å². The van der Waals surface area contributed by atoms with Crippen molar-refractivity contribution in [2.75, 3.05) is 0 Å². The molecule has 3 atom stereocenters. The van der Waals surface area contributed by atoms with E-state index in [0.29, 0.717) is 18.6 Å². The number of aliphatic hydroxyl groups is 1. The maximum atomic E-state index is 11.4. The normalized spacial score (nSPS) is 29.5. The number of thiophene rings is 1. The van der Waals surface area contributed by atoms with Crippen LogP contribution in [-0.2, 0) is 13.1 Å². The molecule has 2 aliphatic rings. The van der Waals surface area contributed by atoms with Gasteiger partial charge in [-0.3, -0.25) is 9.88 Å². The highest BCUT2D eigenvalue weighted by atomic mass is 32.1. The average molecular weight is 353 g/mol. The monoisotopic (exact) mass is 353 g/mol. The van der Waals surface area contributed by atoms with Gasteiger partial charge >= 0.3 is 0 Å². The Morgan fingerprint density at radius 1 is 1.16 bits per heavy atom. The van der Waals surface area contributed by atoms with Crippen molar-refractivity contribution in [2.24, 2.45) is 0 Å². The van der Waals surface area contributed by atoms with Crippen LogP contribution < -0.4 is 0 Å². The zero-order valence-electron chi connectivity index (χ0n) is 14.2. The van der Waals surface area contributed by atoms with Gasteiger partial charge in [0.15, 0.2) is 0 Å². The van der Waals surface area contributed by atoms with Crippen LogP contribution >= 0.6 is 11.3 Å². The van der Waals surface area contributed by atoms with Gasteiger partial charge in [-0.2, -0.15) is 0 Å². The van der Waals surface area contributed by atoms with Crippen molar-refractivity contribution < 1.29 is 5.11 Å². The van der Waals surface area contributed by atoms with Crippen LogP contribution in [0.1, 0.15) is 30.6 Å². The molecule has 1 N–H and O–H groups in total. The molecular formula is C20H23N3OS. The lowest BCUT2D eigenvalue weighted by Crippen LogP contribution is -2.52. The molecular weight excluding hydrogens is 330 g/mol. The van der Waals surface area contributed by atoms with Gasteiger partial charge in [-0.15, -0.1) is 11.3 Å². The summed E-state index contributed by atoms with van der Waals surface area (Å²) >= 11 is 1.84. The van der Waals surface area contributed by atoms with E-state index in [-0.39, 0.29) is 0 Å². The highest BCUT2D eigenvalue weighted by molar-refractivity contribution is 7.09. The zero-order chi connectivity index (χ0) is 16.9. The van der Waals surface area contributed by atoms with E-state index in [9.17, 15) is 5.11 Å². The second-order valence-electron chi connectivity index (χ2n) is 7.62. The van der Waals surface area contributed by atoms with Crippen LogP contribution in [0.4, 0.5) is 0 Å². The molecule has 3 aromatic rings. The highest BCUT2D eigenvalue weighted by Crippen LogP contribution is 2.42. The molecule has 0 amide bonds. The average Bonchev–Trinajstić information content (AvgIpc) is 3.30. The molecule has 5 rings (SSSR count). The third-order valence-corrected chi connectivity index (χ3v) is 6.78. The first-order valence-electron chi connectivity index (χ1n) is 9.11. The fourth-order valence-corrected chi connectivity index (χ4v) is 5.57. The summed E-state index contributed by atoms with van der Waals surface area (Å²) < 4.78 is 2.18. The molecule has 0 aliphatic carbocycles. The summed E-state index contributed by atoms with van der Waals surface area (Å²) in [6, 6.07) is 11.5. The van der Waals surface area contributed by atoms with Crippen LogP contribution in [0.3, 0.4) is 0 Å². The summed E-state index contributed by atoms with van der Waals surface area (Å²) in [5.41, 5.74) is 1.51. The molecule has 2 aliphatic heterocycles. The Morgan fingerprint density at radius 3 is 2.76 bits per heavy atom. The lowest BCUT2D eigenvalue weighted by atomic mass is 9.85. The van der Waals surface area contributed by atoms with Crippen LogP contribution in [-0.4, -0.2) is 37.2 Å². The lowest BCUT2D eigenvalue weighted by molar-refractivity contribution is -0.0642. The highest BCUT2D eigenvalue weighted by Gasteiger charge is 2.47. The van der Waals surface area contributed by atoms with Crippen molar-refractivity contribution in [1.29, 1.82) is 0 Å². The molecule has 0 saturated carbocycles. The third-order valence-electron chi connectivity index (χ3n) is 5.92. The SMILES string of the molecule is OC1(Cn2ccc3ncccc32)C[C@H]2CC[C@@H](C1)N2Cc1cccs1. The smallest absolute Gasteiger partial charge is 0.0880 e. The molecule has 5 heteroatoms. The van der Waals surface area contributed by atoms with E-state index in [1.165, 1.54) is 17.7 Å².